The number of carbonyl (C=O) groups excluding carboxylic acids is 1. The molecule has 2 atom stereocenters. The lowest BCUT2D eigenvalue weighted by atomic mass is 9.78. The number of hydrogen-bond acceptors (Lipinski definition) is 4. The molecule has 1 amide bonds. The summed E-state index contributed by atoms with van der Waals surface area (Å²) in [7, 11) is 1.59. The summed E-state index contributed by atoms with van der Waals surface area (Å²) >= 11 is 0. The van der Waals surface area contributed by atoms with E-state index in [4.69, 9.17) is 9.47 Å². The topological polar surface area (TPSA) is 67.8 Å². The smallest absolute Gasteiger partial charge is 0.254 e. The van der Waals surface area contributed by atoms with Crippen LogP contribution in [0.15, 0.2) is 29.5 Å². The maximum absolute atomic E-state index is 12.2. The zero-order valence-corrected chi connectivity index (χ0v) is 11.7. The average molecular weight is 275 g/mol. The van der Waals surface area contributed by atoms with Gasteiger partial charge >= 0.3 is 0 Å². The van der Waals surface area contributed by atoms with Crippen LogP contribution in [-0.2, 0) is 4.79 Å². The molecule has 1 fully saturated rings. The highest BCUT2D eigenvalue weighted by molar-refractivity contribution is 5.97. The molecule has 2 aliphatic rings. The molecule has 20 heavy (non-hydrogen) atoms. The monoisotopic (exact) mass is 275 g/mol. The van der Waals surface area contributed by atoms with Crippen molar-refractivity contribution in [2.24, 2.45) is 0 Å². The molecule has 1 aromatic carbocycles. The number of benzene rings is 1. The molecule has 2 aliphatic heterocycles. The maximum Gasteiger partial charge on any atom is 0.254 e. The van der Waals surface area contributed by atoms with Gasteiger partial charge in [0.05, 0.1) is 18.4 Å². The van der Waals surface area contributed by atoms with E-state index in [2.05, 4.69) is 5.32 Å². The molecule has 1 aromatic rings. The van der Waals surface area contributed by atoms with Crippen molar-refractivity contribution in [1.82, 2.24) is 5.32 Å². The summed E-state index contributed by atoms with van der Waals surface area (Å²) in [4.78, 5) is 12.2. The van der Waals surface area contributed by atoms with Gasteiger partial charge in [-0.05, 0) is 32.0 Å². The molecule has 0 aliphatic carbocycles. The highest BCUT2D eigenvalue weighted by Gasteiger charge is 2.47. The van der Waals surface area contributed by atoms with E-state index in [0.717, 1.165) is 5.56 Å². The van der Waals surface area contributed by atoms with E-state index in [-0.39, 0.29) is 17.6 Å². The van der Waals surface area contributed by atoms with Crippen molar-refractivity contribution in [3.63, 3.8) is 0 Å². The number of piperidine rings is 1. The number of fused-ring (bicyclic) bond motifs is 4. The van der Waals surface area contributed by atoms with Crippen LogP contribution in [0.2, 0.25) is 0 Å². The molecule has 0 radical (unpaired) electrons. The Morgan fingerprint density at radius 2 is 2.30 bits per heavy atom. The molecule has 3 rings (SSSR count). The number of allylic oxidation sites excluding steroid dienone is 1. The van der Waals surface area contributed by atoms with Gasteiger partial charge in [-0.2, -0.15) is 0 Å². The first-order chi connectivity index (χ1) is 9.43. The number of methoxy groups -OCH3 is 1. The Balaban J connectivity index is 2.19. The summed E-state index contributed by atoms with van der Waals surface area (Å²) in [5.41, 5.74) is 0.544. The zero-order valence-electron chi connectivity index (χ0n) is 11.7. The second-order valence-corrected chi connectivity index (χ2v) is 5.45. The minimum absolute atomic E-state index is 0.0465. The van der Waals surface area contributed by atoms with Gasteiger partial charge in [-0.15, -0.1) is 0 Å². The van der Waals surface area contributed by atoms with E-state index in [1.54, 1.807) is 7.11 Å². The fourth-order valence-electron chi connectivity index (χ4n) is 3.02. The van der Waals surface area contributed by atoms with Gasteiger partial charge in [0, 0.05) is 17.9 Å². The summed E-state index contributed by atoms with van der Waals surface area (Å²) in [6.45, 7) is 3.38. The van der Waals surface area contributed by atoms with E-state index in [1.807, 2.05) is 25.1 Å². The van der Waals surface area contributed by atoms with Gasteiger partial charge in [0.25, 0.3) is 5.91 Å². The lowest BCUT2D eigenvalue weighted by molar-refractivity contribution is -0.127. The van der Waals surface area contributed by atoms with Crippen LogP contribution in [0.3, 0.4) is 0 Å². The van der Waals surface area contributed by atoms with Crippen LogP contribution in [-0.4, -0.2) is 23.8 Å². The van der Waals surface area contributed by atoms with E-state index in [0.29, 0.717) is 23.5 Å². The molecule has 106 valence electrons. The molecule has 0 spiro atoms. The van der Waals surface area contributed by atoms with Gasteiger partial charge < -0.3 is 19.9 Å². The molecule has 0 saturated carbocycles. The van der Waals surface area contributed by atoms with Crippen molar-refractivity contribution in [3.8, 4) is 11.5 Å². The van der Waals surface area contributed by atoms with Crippen molar-refractivity contribution >= 4 is 5.91 Å². The first-order valence-corrected chi connectivity index (χ1v) is 6.53. The fraction of sp³-hybridized carbons (Fsp3) is 0.400. The number of aliphatic hydroxyl groups excluding tert-OH is 1. The van der Waals surface area contributed by atoms with Gasteiger partial charge in [-0.1, -0.05) is 0 Å². The number of nitrogens with one attached hydrogen (secondary N) is 1. The second kappa shape index (κ2) is 4.16. The molecular formula is C15H17NO4. The van der Waals surface area contributed by atoms with E-state index in [1.165, 1.54) is 6.92 Å². The van der Waals surface area contributed by atoms with E-state index >= 15 is 0 Å². The second-order valence-electron chi connectivity index (χ2n) is 5.45. The van der Waals surface area contributed by atoms with Crippen molar-refractivity contribution in [2.75, 3.05) is 7.11 Å². The minimum Gasteiger partial charge on any atom is -0.512 e. The van der Waals surface area contributed by atoms with Crippen molar-refractivity contribution in [2.45, 2.75) is 31.9 Å². The standard InChI is InChI=1S/C15H17NO4/c1-8(17)13-11-7-15(2,16-14(13)18)20-12-5-4-9(19-3)6-10(11)12/h4-6,11,17H,7H2,1-3H3,(H,16,18)/b13-8+. The normalized spacial score (nSPS) is 29.9. The van der Waals surface area contributed by atoms with Crippen LogP contribution < -0.4 is 14.8 Å². The maximum atomic E-state index is 12.2. The van der Waals surface area contributed by atoms with Crippen molar-refractivity contribution in [3.05, 3.63) is 35.1 Å². The van der Waals surface area contributed by atoms with Crippen molar-refractivity contribution in [1.29, 1.82) is 0 Å². The van der Waals surface area contributed by atoms with E-state index in [9.17, 15) is 9.90 Å². The quantitative estimate of drug-likeness (QED) is 0.609. The number of carbonyl (C=O) groups is 1. The summed E-state index contributed by atoms with van der Waals surface area (Å²) < 4.78 is 11.1. The van der Waals surface area contributed by atoms with Crippen LogP contribution in [0.1, 0.15) is 31.7 Å². The zero-order chi connectivity index (χ0) is 14.5. The lowest BCUT2D eigenvalue weighted by Gasteiger charge is -2.45. The Hall–Kier alpha value is -2.17. The summed E-state index contributed by atoms with van der Waals surface area (Å²) in [6, 6.07) is 5.52. The third-order valence-electron chi connectivity index (χ3n) is 3.88. The van der Waals surface area contributed by atoms with Gasteiger partial charge in [-0.3, -0.25) is 4.79 Å². The molecule has 5 nitrogen and oxygen atoms in total. The number of rotatable bonds is 1. The van der Waals surface area contributed by atoms with Crippen LogP contribution in [0.4, 0.5) is 0 Å². The van der Waals surface area contributed by atoms with Gasteiger partial charge in [-0.25, -0.2) is 0 Å². The predicted molar refractivity (Wildman–Crippen MR) is 72.9 cm³/mol. The largest absolute Gasteiger partial charge is 0.512 e. The highest BCUT2D eigenvalue weighted by atomic mass is 16.5. The fourth-order valence-corrected chi connectivity index (χ4v) is 3.02. The Morgan fingerprint density at radius 1 is 1.55 bits per heavy atom. The van der Waals surface area contributed by atoms with Crippen LogP contribution in [0, 0.1) is 0 Å². The first-order valence-electron chi connectivity index (χ1n) is 6.53. The summed E-state index contributed by atoms with van der Waals surface area (Å²) in [5, 5.41) is 12.7. The SMILES string of the molecule is COc1ccc2c(c1)C1CC(C)(NC(=O)/C1=C(\C)O)O2. The summed E-state index contributed by atoms with van der Waals surface area (Å²) in [6.07, 6.45) is 0.589. The van der Waals surface area contributed by atoms with Crippen LogP contribution in [0.25, 0.3) is 0 Å². The van der Waals surface area contributed by atoms with E-state index < -0.39 is 5.72 Å². The molecule has 2 unspecified atom stereocenters. The van der Waals surface area contributed by atoms with Crippen molar-refractivity contribution < 1.29 is 19.4 Å². The predicted octanol–water partition coefficient (Wildman–Crippen LogP) is 2.24. The molecule has 5 heteroatoms. The third kappa shape index (κ3) is 1.81. The Labute approximate surface area is 117 Å². The molecule has 2 N–H and O–H groups in total. The summed E-state index contributed by atoms with van der Waals surface area (Å²) in [5.74, 6) is 1.00. The number of hydrogen-bond donors (Lipinski definition) is 2. The van der Waals surface area contributed by atoms with Gasteiger partial charge in [0.15, 0.2) is 5.72 Å². The molecule has 2 heterocycles. The minimum atomic E-state index is -0.734. The lowest BCUT2D eigenvalue weighted by Crippen LogP contribution is -2.58. The molecule has 2 bridgehead atoms. The third-order valence-corrected chi connectivity index (χ3v) is 3.88. The Morgan fingerprint density at radius 3 is 2.95 bits per heavy atom. The Bertz CT molecular complexity index is 618. The molecule has 1 saturated heterocycles. The molecule has 0 aromatic heterocycles. The van der Waals surface area contributed by atoms with Crippen LogP contribution >= 0.6 is 0 Å². The Kier molecular flexibility index (Phi) is 2.67. The number of ether oxygens (including phenoxy) is 2. The highest BCUT2D eigenvalue weighted by Crippen LogP contribution is 2.47. The number of aliphatic hydroxyl groups is 1. The molecular weight excluding hydrogens is 258 g/mol. The van der Waals surface area contributed by atoms with Crippen LogP contribution in [0.5, 0.6) is 11.5 Å². The van der Waals surface area contributed by atoms with Gasteiger partial charge in [0.1, 0.15) is 11.5 Å². The first kappa shape index (κ1) is 12.8. The average Bonchev–Trinajstić information content (AvgIpc) is 2.36. The van der Waals surface area contributed by atoms with Gasteiger partial charge in [0.2, 0.25) is 0 Å². The number of amides is 1.